The summed E-state index contributed by atoms with van der Waals surface area (Å²) in [6.07, 6.45) is 12.6. The summed E-state index contributed by atoms with van der Waals surface area (Å²) in [5.74, 6) is 0. The molecule has 1 aliphatic rings. The summed E-state index contributed by atoms with van der Waals surface area (Å²) in [7, 11) is 0. The van der Waals surface area contributed by atoms with Crippen molar-refractivity contribution >= 4 is 17.7 Å². The van der Waals surface area contributed by atoms with Gasteiger partial charge in [0, 0.05) is 0 Å². The molecule has 0 unspecified atom stereocenters. The van der Waals surface area contributed by atoms with Crippen LogP contribution in [0.5, 0.6) is 0 Å². The average Bonchev–Trinajstić information content (AvgIpc) is 2.46. The summed E-state index contributed by atoms with van der Waals surface area (Å²) >= 11 is 2.26. The summed E-state index contributed by atoms with van der Waals surface area (Å²) in [5, 5.41) is 0. The average molecular weight is 156 g/mol. The van der Waals surface area contributed by atoms with Crippen LogP contribution in [0, 0.1) is 0 Å². The summed E-state index contributed by atoms with van der Waals surface area (Å²) < 4.78 is 1.59. The molecule has 0 heterocycles. The molecule has 0 bridgehead atoms. The molecule has 1 heteroatoms. The zero-order valence-corrected chi connectivity index (χ0v) is 8.40. The van der Waals surface area contributed by atoms with E-state index in [1.807, 2.05) is 0 Å². The molecule has 0 nitrogen and oxygen atoms in total. The third-order valence-corrected chi connectivity index (χ3v) is 2.59. The summed E-state index contributed by atoms with van der Waals surface area (Å²) in [6.45, 7) is 2.26. The first-order valence-electron chi connectivity index (χ1n) is 5.19. The molecule has 1 rings (SSSR count). The van der Waals surface area contributed by atoms with Crippen LogP contribution in [0.15, 0.2) is 22.0 Å². The first-order valence-corrected chi connectivity index (χ1v) is 5.19. The zero-order valence-electron chi connectivity index (χ0n) is 8.40. The van der Waals surface area contributed by atoms with Crippen molar-refractivity contribution in [2.75, 3.05) is 0 Å². The molecule has 0 saturated heterocycles. The molecule has 1 aliphatic carbocycles. The van der Waals surface area contributed by atoms with Crippen LogP contribution in [0.3, 0.4) is 0 Å². The minimum absolute atomic E-state index is 1.20. The maximum atomic E-state index is 2.31. The fourth-order valence-electron chi connectivity index (χ4n) is 1.69. The van der Waals surface area contributed by atoms with Gasteiger partial charge < -0.3 is 0 Å². The zero-order chi connectivity index (χ0) is 8.81. The van der Waals surface area contributed by atoms with Crippen molar-refractivity contribution < 1.29 is 0 Å². The Labute approximate surface area is 85.3 Å². The van der Waals surface area contributed by atoms with Gasteiger partial charge in [0.05, 0.1) is 0 Å². The Balaban J connectivity index is 2.14. The van der Waals surface area contributed by atoms with Crippen molar-refractivity contribution in [3.05, 3.63) is 22.0 Å². The molecule has 0 fully saturated rings. The van der Waals surface area contributed by atoms with Crippen LogP contribution >= 0.6 is 0 Å². The third kappa shape index (κ3) is 3.21. The van der Waals surface area contributed by atoms with Crippen molar-refractivity contribution in [1.82, 2.24) is 0 Å². The van der Waals surface area contributed by atoms with Crippen molar-refractivity contribution in [2.24, 2.45) is 0 Å². The molecule has 0 atom stereocenters. The van der Waals surface area contributed by atoms with Gasteiger partial charge in [-0.2, -0.15) is 0 Å². The second kappa shape index (κ2) is 5.68. The molecular weight excluding hydrogens is 139 g/mol. The van der Waals surface area contributed by atoms with Gasteiger partial charge in [-0.25, -0.2) is 0 Å². The van der Waals surface area contributed by atoms with E-state index in [0.717, 1.165) is 0 Å². The Kier molecular flexibility index (Phi) is 4.81. The number of unbranched alkanes of at least 4 members (excludes halogenated alkanes) is 3. The van der Waals surface area contributed by atoms with Crippen LogP contribution in [0.4, 0.5) is 0 Å². The Hall–Kier alpha value is 0.0774. The second-order valence-electron chi connectivity index (χ2n) is 3.72. The molecule has 0 amide bonds. The molecule has 62 valence electrons. The standard InChI is InChI=1S/C11H17.Li/c1-2-3-4-5-8-11-9-6-7-10-11;/h6,9H,2-5,7-8H2,1H3;. The van der Waals surface area contributed by atoms with Gasteiger partial charge in [0.15, 0.2) is 0 Å². The van der Waals surface area contributed by atoms with E-state index < -0.39 is 0 Å². The molecule has 0 aromatic heterocycles. The van der Waals surface area contributed by atoms with Crippen molar-refractivity contribution in [3.63, 3.8) is 0 Å². The molecule has 0 N–H and O–H groups in total. The van der Waals surface area contributed by atoms with E-state index in [2.05, 4.69) is 36.8 Å². The van der Waals surface area contributed by atoms with E-state index in [9.17, 15) is 0 Å². The Morgan fingerprint density at radius 2 is 2.17 bits per heavy atom. The van der Waals surface area contributed by atoms with E-state index in [-0.39, 0.29) is 0 Å². The van der Waals surface area contributed by atoms with E-state index in [4.69, 9.17) is 0 Å². The molecule has 0 radical (unpaired) electrons. The Morgan fingerprint density at radius 1 is 1.33 bits per heavy atom. The molecule has 0 aromatic rings. The minimum atomic E-state index is 1.20. The van der Waals surface area contributed by atoms with Gasteiger partial charge in [-0.05, 0) is 0 Å². The maximum absolute atomic E-state index is 2.31. The molecule has 12 heavy (non-hydrogen) atoms. The topological polar surface area (TPSA) is 0 Å². The molecular formula is C11H17Li. The normalized spacial score (nSPS) is 16.2. The number of hydrogen-bond donors (Lipinski definition) is 0. The summed E-state index contributed by atoms with van der Waals surface area (Å²) in [5.41, 5.74) is 1.60. The van der Waals surface area contributed by atoms with Crippen molar-refractivity contribution in [2.45, 2.75) is 45.4 Å². The van der Waals surface area contributed by atoms with Gasteiger partial charge in [0.25, 0.3) is 0 Å². The third-order valence-electron chi connectivity index (χ3n) is 2.59. The summed E-state index contributed by atoms with van der Waals surface area (Å²) in [6, 6.07) is 0. The van der Waals surface area contributed by atoms with Crippen molar-refractivity contribution in [1.29, 1.82) is 0 Å². The predicted molar refractivity (Wildman–Crippen MR) is 55.3 cm³/mol. The van der Waals surface area contributed by atoms with E-state index in [1.165, 1.54) is 38.5 Å². The predicted octanol–water partition coefficient (Wildman–Crippen LogP) is 3.34. The van der Waals surface area contributed by atoms with E-state index >= 15 is 0 Å². The molecule has 0 aliphatic heterocycles. The summed E-state index contributed by atoms with van der Waals surface area (Å²) in [4.78, 5) is 0. The molecule has 0 saturated carbocycles. The van der Waals surface area contributed by atoms with Gasteiger partial charge in [-0.15, -0.1) is 0 Å². The van der Waals surface area contributed by atoms with Crippen molar-refractivity contribution in [3.8, 4) is 0 Å². The fraction of sp³-hybridized carbons (Fsp3) is 0.636. The van der Waals surface area contributed by atoms with Crippen LogP contribution in [0.25, 0.3) is 0 Å². The van der Waals surface area contributed by atoms with Crippen LogP contribution in [-0.4, -0.2) is 17.7 Å². The molecule has 0 aromatic carbocycles. The Morgan fingerprint density at radius 3 is 2.75 bits per heavy atom. The van der Waals surface area contributed by atoms with Crippen LogP contribution < -0.4 is 0 Å². The van der Waals surface area contributed by atoms with Gasteiger partial charge in [0.1, 0.15) is 0 Å². The van der Waals surface area contributed by atoms with Crippen LogP contribution in [0.1, 0.15) is 45.4 Å². The first-order chi connectivity index (χ1) is 5.84. The number of allylic oxidation sites excluding steroid dienone is 4. The monoisotopic (exact) mass is 156 g/mol. The van der Waals surface area contributed by atoms with E-state index in [0.29, 0.717) is 0 Å². The second-order valence-corrected chi connectivity index (χ2v) is 3.72. The van der Waals surface area contributed by atoms with Crippen LogP contribution in [0.2, 0.25) is 0 Å². The van der Waals surface area contributed by atoms with E-state index in [1.54, 1.807) is 9.82 Å². The van der Waals surface area contributed by atoms with Gasteiger partial charge >= 0.3 is 85.1 Å². The first kappa shape index (κ1) is 10.2. The van der Waals surface area contributed by atoms with Gasteiger partial charge in [-0.1, -0.05) is 0 Å². The quantitative estimate of drug-likeness (QED) is 0.423. The van der Waals surface area contributed by atoms with Gasteiger partial charge in [0.2, 0.25) is 0 Å². The fourth-order valence-corrected chi connectivity index (χ4v) is 1.69. The molecule has 0 spiro atoms. The Bertz CT molecular complexity index is 189. The van der Waals surface area contributed by atoms with Gasteiger partial charge in [-0.3, -0.25) is 0 Å². The number of hydrogen-bond acceptors (Lipinski definition) is 0. The van der Waals surface area contributed by atoms with Crippen LogP contribution in [-0.2, 0) is 0 Å². The number of rotatable bonds is 5. The SMILES string of the molecule is [Li][C]1=C(CCCCCC)C=CC1.